The van der Waals surface area contributed by atoms with Crippen LogP contribution >= 0.6 is 11.3 Å². The number of nitrogens with zero attached hydrogens (tertiary/aromatic N) is 4. The fraction of sp³-hybridized carbons (Fsp3) is 0.615. The van der Waals surface area contributed by atoms with E-state index < -0.39 is 5.54 Å². The van der Waals surface area contributed by atoms with Gasteiger partial charge in [-0.3, -0.25) is 9.59 Å². The maximum Gasteiger partial charge on any atom is 0.262 e. The van der Waals surface area contributed by atoms with Crippen LogP contribution in [0.3, 0.4) is 0 Å². The molecule has 8 nitrogen and oxygen atoms in total. The molecule has 0 unspecified atom stereocenters. The Morgan fingerprint density at radius 2 is 1.94 bits per heavy atom. The molecule has 188 valence electrons. The van der Waals surface area contributed by atoms with Crippen LogP contribution < -0.4 is 10.6 Å². The average molecular weight is 497 g/mol. The van der Waals surface area contributed by atoms with Crippen molar-refractivity contribution in [2.45, 2.75) is 50.0 Å². The molecule has 9 heteroatoms. The van der Waals surface area contributed by atoms with E-state index in [1.54, 1.807) is 17.5 Å². The highest BCUT2D eigenvalue weighted by molar-refractivity contribution is 7.14. The van der Waals surface area contributed by atoms with Crippen molar-refractivity contribution in [3.63, 3.8) is 0 Å². The third-order valence-electron chi connectivity index (χ3n) is 7.97. The van der Waals surface area contributed by atoms with E-state index in [4.69, 9.17) is 0 Å². The van der Waals surface area contributed by atoms with Crippen LogP contribution in [-0.2, 0) is 10.3 Å². The first kappa shape index (κ1) is 24.3. The van der Waals surface area contributed by atoms with Crippen LogP contribution in [0, 0.1) is 5.92 Å². The molecule has 0 bridgehead atoms. The first-order valence-electron chi connectivity index (χ1n) is 12.9. The van der Waals surface area contributed by atoms with Gasteiger partial charge in [-0.1, -0.05) is 0 Å². The van der Waals surface area contributed by atoms with Gasteiger partial charge < -0.3 is 20.4 Å². The van der Waals surface area contributed by atoms with Crippen molar-refractivity contribution >= 4 is 23.2 Å². The Labute approximate surface area is 211 Å². The molecule has 3 saturated heterocycles. The lowest BCUT2D eigenvalue weighted by molar-refractivity contribution is -0.133. The lowest BCUT2D eigenvalue weighted by Crippen LogP contribution is -2.48. The van der Waals surface area contributed by atoms with Gasteiger partial charge in [0.25, 0.3) is 5.91 Å². The number of hydrogen-bond acceptors (Lipinski definition) is 7. The number of rotatable bonds is 6. The fourth-order valence-corrected chi connectivity index (χ4v) is 6.74. The van der Waals surface area contributed by atoms with E-state index in [9.17, 15) is 9.59 Å². The predicted molar refractivity (Wildman–Crippen MR) is 136 cm³/mol. The summed E-state index contributed by atoms with van der Waals surface area (Å²) in [6, 6.07) is 7.84. The fourth-order valence-electron chi connectivity index (χ4n) is 5.67. The molecule has 2 aromatic rings. The van der Waals surface area contributed by atoms with Gasteiger partial charge in [0.2, 0.25) is 5.91 Å². The zero-order valence-corrected chi connectivity index (χ0v) is 21.4. The number of amides is 2. The molecular formula is C26H36N6O2S. The molecule has 0 aromatic carbocycles. The molecule has 5 rings (SSSR count). The normalized spacial score (nSPS) is 24.5. The topological polar surface area (TPSA) is 90.5 Å². The van der Waals surface area contributed by atoms with Gasteiger partial charge in [-0.15, -0.1) is 11.3 Å². The molecule has 3 aliphatic rings. The summed E-state index contributed by atoms with van der Waals surface area (Å²) in [6.45, 7) is 5.32. The van der Waals surface area contributed by atoms with E-state index in [0.717, 1.165) is 75.4 Å². The minimum atomic E-state index is -0.519. The van der Waals surface area contributed by atoms with Crippen LogP contribution in [0.1, 0.15) is 64.7 Å². The summed E-state index contributed by atoms with van der Waals surface area (Å²) in [6.07, 6.45) is 7.34. The number of piperidine rings is 2. The first-order chi connectivity index (χ1) is 17.0. The quantitative estimate of drug-likeness (QED) is 0.639. The molecule has 2 amide bonds. The van der Waals surface area contributed by atoms with Crippen molar-refractivity contribution < 1.29 is 9.59 Å². The Morgan fingerprint density at radius 1 is 1.14 bits per heavy atom. The van der Waals surface area contributed by atoms with Gasteiger partial charge in [-0.2, -0.15) is 10.2 Å². The smallest absolute Gasteiger partial charge is 0.262 e. The van der Waals surface area contributed by atoms with Crippen molar-refractivity contribution in [3.8, 4) is 0 Å². The van der Waals surface area contributed by atoms with Crippen LogP contribution in [-0.4, -0.2) is 78.1 Å². The highest BCUT2D eigenvalue weighted by atomic mass is 32.1. The molecule has 3 fully saturated rings. The van der Waals surface area contributed by atoms with Crippen LogP contribution in [0.25, 0.3) is 0 Å². The van der Waals surface area contributed by atoms with E-state index in [2.05, 4.69) is 43.7 Å². The van der Waals surface area contributed by atoms with Crippen LogP contribution in [0.15, 0.2) is 30.5 Å². The number of thiophene rings is 1. The summed E-state index contributed by atoms with van der Waals surface area (Å²) in [4.78, 5) is 32.4. The molecule has 5 heterocycles. The zero-order chi connectivity index (χ0) is 24.3. The first-order valence-corrected chi connectivity index (χ1v) is 13.7. The van der Waals surface area contributed by atoms with Gasteiger partial charge in [0, 0.05) is 37.1 Å². The number of carbonyl (C=O) groups is 2. The third-order valence-corrected chi connectivity index (χ3v) is 9.22. The Morgan fingerprint density at radius 3 is 2.63 bits per heavy atom. The van der Waals surface area contributed by atoms with Gasteiger partial charge in [0.15, 0.2) is 0 Å². The molecular weight excluding hydrogens is 460 g/mol. The Hall–Kier alpha value is -2.36. The molecule has 2 aromatic heterocycles. The standard InChI is InChI=1S/C26H36N6O2S/c1-31-13-6-19(7-14-31)17-24(33)32-15-8-20(9-16-32)21-4-5-22(35-21)25(34)29-26(10-12-27-18-26)23-3-2-11-28-30-23/h2-5,11,19-20,27H,6-10,12-18H2,1H3,(H,29,34)/t26-/m0/s1. The molecule has 3 aliphatic heterocycles. The summed E-state index contributed by atoms with van der Waals surface area (Å²) in [5, 5.41) is 14.9. The molecule has 35 heavy (non-hydrogen) atoms. The van der Waals surface area contributed by atoms with Crippen LogP contribution in [0.5, 0.6) is 0 Å². The number of likely N-dealkylation sites (tertiary alicyclic amines) is 2. The van der Waals surface area contributed by atoms with Crippen molar-refractivity contribution in [3.05, 3.63) is 45.9 Å². The number of carbonyl (C=O) groups excluding carboxylic acids is 2. The lowest BCUT2D eigenvalue weighted by Gasteiger charge is -2.34. The summed E-state index contributed by atoms with van der Waals surface area (Å²) in [5.41, 5.74) is 0.280. The van der Waals surface area contributed by atoms with Crippen LogP contribution in [0.4, 0.5) is 0 Å². The second-order valence-corrected chi connectivity index (χ2v) is 11.5. The predicted octanol–water partition coefficient (Wildman–Crippen LogP) is 2.59. The van der Waals surface area contributed by atoms with Gasteiger partial charge in [0.05, 0.1) is 16.1 Å². The largest absolute Gasteiger partial charge is 0.343 e. The molecule has 0 spiro atoms. The van der Waals surface area contributed by atoms with E-state index in [0.29, 0.717) is 30.7 Å². The summed E-state index contributed by atoms with van der Waals surface area (Å²) in [7, 11) is 2.16. The second kappa shape index (κ2) is 10.7. The zero-order valence-electron chi connectivity index (χ0n) is 20.5. The molecule has 0 radical (unpaired) electrons. The second-order valence-electron chi connectivity index (χ2n) is 10.4. The van der Waals surface area contributed by atoms with Crippen molar-refractivity contribution in [1.29, 1.82) is 0 Å². The minimum Gasteiger partial charge on any atom is -0.343 e. The molecule has 1 atom stereocenters. The van der Waals surface area contributed by atoms with Gasteiger partial charge in [-0.25, -0.2) is 0 Å². The van der Waals surface area contributed by atoms with E-state index in [1.807, 2.05) is 18.2 Å². The molecule has 0 aliphatic carbocycles. The van der Waals surface area contributed by atoms with Gasteiger partial charge in [0.1, 0.15) is 0 Å². The Bertz CT molecular complexity index is 1010. The minimum absolute atomic E-state index is 0.0543. The summed E-state index contributed by atoms with van der Waals surface area (Å²) in [5.74, 6) is 1.22. The molecule has 0 saturated carbocycles. The SMILES string of the molecule is CN1CCC(CC(=O)N2CCC(c3ccc(C(=O)N[C@@]4(c5cccnn5)CCNC4)s3)CC2)CC1. The monoisotopic (exact) mass is 496 g/mol. The number of nitrogens with one attached hydrogen (secondary N) is 2. The maximum atomic E-state index is 13.2. The average Bonchev–Trinajstić information content (AvgIpc) is 3.57. The van der Waals surface area contributed by atoms with E-state index in [-0.39, 0.29) is 5.91 Å². The summed E-state index contributed by atoms with van der Waals surface area (Å²) < 4.78 is 0. The highest BCUT2D eigenvalue weighted by Gasteiger charge is 2.39. The maximum absolute atomic E-state index is 13.2. The van der Waals surface area contributed by atoms with Crippen molar-refractivity contribution in [2.75, 3.05) is 46.3 Å². The Kier molecular flexibility index (Phi) is 7.45. The lowest BCUT2D eigenvalue weighted by atomic mass is 9.91. The van der Waals surface area contributed by atoms with Gasteiger partial charge in [-0.05, 0) is 94.9 Å². The Balaban J connectivity index is 1.15. The molecule has 2 N–H and O–H groups in total. The van der Waals surface area contributed by atoms with Crippen molar-refractivity contribution in [2.24, 2.45) is 5.92 Å². The van der Waals surface area contributed by atoms with E-state index in [1.165, 1.54) is 4.88 Å². The van der Waals surface area contributed by atoms with Crippen molar-refractivity contribution in [1.82, 2.24) is 30.6 Å². The number of hydrogen-bond donors (Lipinski definition) is 2. The van der Waals surface area contributed by atoms with Gasteiger partial charge >= 0.3 is 0 Å². The third kappa shape index (κ3) is 5.57. The van der Waals surface area contributed by atoms with Crippen LogP contribution in [0.2, 0.25) is 0 Å². The van der Waals surface area contributed by atoms with E-state index >= 15 is 0 Å². The number of aromatic nitrogens is 2. The highest BCUT2D eigenvalue weighted by Crippen LogP contribution is 2.34. The summed E-state index contributed by atoms with van der Waals surface area (Å²) >= 11 is 1.59.